The summed E-state index contributed by atoms with van der Waals surface area (Å²) < 4.78 is 13.5. The number of amides is 3. The highest BCUT2D eigenvalue weighted by Gasteiger charge is 2.15. The van der Waals surface area contributed by atoms with Crippen molar-refractivity contribution in [1.29, 1.82) is 0 Å². The van der Waals surface area contributed by atoms with E-state index in [9.17, 15) is 14.0 Å². The number of likely N-dealkylation sites (N-methyl/N-ethyl adjacent to an activating group) is 1. The van der Waals surface area contributed by atoms with E-state index in [1.54, 1.807) is 25.2 Å². The molecule has 21 heavy (non-hydrogen) atoms. The van der Waals surface area contributed by atoms with E-state index in [1.165, 1.54) is 6.07 Å². The average molecular weight is 296 g/mol. The molecule has 5 nitrogen and oxygen atoms in total. The van der Waals surface area contributed by atoms with Crippen molar-refractivity contribution in [3.05, 3.63) is 35.6 Å². The Labute approximate surface area is 124 Å². The molecule has 0 radical (unpaired) electrons. The third-order valence-corrected chi connectivity index (χ3v) is 3.16. The zero-order chi connectivity index (χ0) is 15.8. The lowest BCUT2D eigenvalue weighted by Crippen LogP contribution is -3.09. The van der Waals surface area contributed by atoms with Crippen LogP contribution in [0.3, 0.4) is 0 Å². The minimum Gasteiger partial charge on any atom is -0.335 e. The highest BCUT2D eigenvalue weighted by atomic mass is 19.1. The van der Waals surface area contributed by atoms with E-state index in [2.05, 4.69) is 10.6 Å². The van der Waals surface area contributed by atoms with Crippen molar-refractivity contribution in [3.8, 4) is 0 Å². The van der Waals surface area contributed by atoms with E-state index in [0.29, 0.717) is 12.1 Å². The van der Waals surface area contributed by atoms with Crippen molar-refractivity contribution >= 4 is 11.9 Å². The summed E-state index contributed by atoms with van der Waals surface area (Å²) in [7, 11) is 1.78. The maximum Gasteiger partial charge on any atom is 0.321 e. The topological polar surface area (TPSA) is 62.6 Å². The van der Waals surface area contributed by atoms with E-state index in [1.807, 2.05) is 13.8 Å². The molecule has 2 atom stereocenters. The van der Waals surface area contributed by atoms with E-state index in [4.69, 9.17) is 0 Å². The first kappa shape index (κ1) is 17.1. The molecule has 3 N–H and O–H groups in total. The van der Waals surface area contributed by atoms with Crippen LogP contribution in [-0.4, -0.2) is 31.6 Å². The number of imide groups is 1. The molecule has 0 saturated carbocycles. The van der Waals surface area contributed by atoms with Crippen LogP contribution in [0.1, 0.15) is 25.8 Å². The maximum absolute atomic E-state index is 13.5. The van der Waals surface area contributed by atoms with Gasteiger partial charge in [0, 0.05) is 11.6 Å². The zero-order valence-corrected chi connectivity index (χ0v) is 12.7. The first-order chi connectivity index (χ1) is 9.92. The second-order valence-electron chi connectivity index (χ2n) is 5.23. The molecule has 0 aliphatic carbocycles. The second kappa shape index (κ2) is 8.36. The van der Waals surface area contributed by atoms with Gasteiger partial charge >= 0.3 is 6.03 Å². The molecular weight excluding hydrogens is 273 g/mol. The van der Waals surface area contributed by atoms with Gasteiger partial charge in [-0.15, -0.1) is 0 Å². The number of quaternary nitrogens is 1. The van der Waals surface area contributed by atoms with E-state index < -0.39 is 6.03 Å². The van der Waals surface area contributed by atoms with Gasteiger partial charge in [0.1, 0.15) is 12.4 Å². The Bertz CT molecular complexity index is 494. The first-order valence-corrected chi connectivity index (χ1v) is 7.07. The molecular formula is C15H23FN3O2+. The molecule has 6 heteroatoms. The lowest BCUT2D eigenvalue weighted by atomic mass is 10.2. The minimum absolute atomic E-state index is 0.0151. The normalized spacial score (nSPS) is 13.3. The van der Waals surface area contributed by atoms with Crippen molar-refractivity contribution in [1.82, 2.24) is 10.6 Å². The summed E-state index contributed by atoms with van der Waals surface area (Å²) in [6, 6.07) is 5.98. The molecule has 116 valence electrons. The van der Waals surface area contributed by atoms with Gasteiger partial charge in [0.15, 0.2) is 6.54 Å². The number of urea groups is 1. The van der Waals surface area contributed by atoms with Crippen LogP contribution in [0, 0.1) is 5.82 Å². The highest BCUT2D eigenvalue weighted by molar-refractivity contribution is 5.94. The zero-order valence-electron chi connectivity index (χ0n) is 12.7. The second-order valence-corrected chi connectivity index (χ2v) is 5.23. The number of benzene rings is 1. The number of rotatable bonds is 6. The largest absolute Gasteiger partial charge is 0.335 e. The Morgan fingerprint density at radius 1 is 1.33 bits per heavy atom. The summed E-state index contributed by atoms with van der Waals surface area (Å²) in [4.78, 5) is 24.0. The monoisotopic (exact) mass is 296 g/mol. The van der Waals surface area contributed by atoms with Crippen LogP contribution in [0.2, 0.25) is 0 Å². The Hall–Kier alpha value is -1.95. The fraction of sp³-hybridized carbons (Fsp3) is 0.467. The standard InChI is InChI=1S/C15H22FN3O2/c1-4-11(2)17-15(21)18-14(20)10-19(3)9-12-7-5-6-8-13(12)16/h5-8,11H,4,9-10H2,1-3H3,(H2,17,18,20,21)/p+1/t11-/m0/s1. The van der Waals surface area contributed by atoms with E-state index in [-0.39, 0.29) is 24.3 Å². The smallest absolute Gasteiger partial charge is 0.321 e. The van der Waals surface area contributed by atoms with Crippen molar-refractivity contribution in [2.24, 2.45) is 0 Å². The predicted octanol–water partition coefficient (Wildman–Crippen LogP) is 0.465. The Kier molecular flexibility index (Phi) is 6.81. The quantitative estimate of drug-likeness (QED) is 0.714. The number of hydrogen-bond acceptors (Lipinski definition) is 2. The molecule has 0 aliphatic heterocycles. The van der Waals surface area contributed by atoms with Gasteiger partial charge in [-0.25, -0.2) is 9.18 Å². The minimum atomic E-state index is -0.493. The van der Waals surface area contributed by atoms with Crippen molar-refractivity contribution in [2.75, 3.05) is 13.6 Å². The molecule has 0 aliphatic rings. The number of hydrogen-bond donors (Lipinski definition) is 3. The Morgan fingerprint density at radius 3 is 2.62 bits per heavy atom. The Balaban J connectivity index is 2.40. The van der Waals surface area contributed by atoms with Crippen molar-refractivity contribution in [3.63, 3.8) is 0 Å². The molecule has 0 saturated heterocycles. The van der Waals surface area contributed by atoms with E-state index >= 15 is 0 Å². The summed E-state index contributed by atoms with van der Waals surface area (Å²) in [5, 5.41) is 4.93. The molecule has 0 aromatic heterocycles. The van der Waals surface area contributed by atoms with Gasteiger partial charge in [-0.3, -0.25) is 10.1 Å². The number of carbonyl (C=O) groups excluding carboxylic acids is 2. The predicted molar refractivity (Wildman–Crippen MR) is 78.3 cm³/mol. The van der Waals surface area contributed by atoms with E-state index in [0.717, 1.165) is 11.3 Å². The van der Waals surface area contributed by atoms with Crippen molar-refractivity contribution in [2.45, 2.75) is 32.9 Å². The molecule has 1 unspecified atom stereocenters. The molecule has 0 heterocycles. The van der Waals surface area contributed by atoms with Gasteiger partial charge in [0.2, 0.25) is 0 Å². The summed E-state index contributed by atoms with van der Waals surface area (Å²) in [6.45, 7) is 4.29. The van der Waals surface area contributed by atoms with Gasteiger partial charge < -0.3 is 10.2 Å². The molecule has 0 bridgehead atoms. The van der Waals surface area contributed by atoms with Crippen molar-refractivity contribution < 1.29 is 18.9 Å². The number of carbonyl (C=O) groups is 2. The maximum atomic E-state index is 13.5. The number of halogens is 1. The molecule has 0 spiro atoms. The summed E-state index contributed by atoms with van der Waals surface area (Å²) >= 11 is 0. The molecule has 1 rings (SSSR count). The molecule has 3 amide bonds. The Morgan fingerprint density at radius 2 is 2.00 bits per heavy atom. The van der Waals surface area contributed by atoms with Gasteiger partial charge in [-0.05, 0) is 19.4 Å². The summed E-state index contributed by atoms with van der Waals surface area (Å²) in [5.41, 5.74) is 0.548. The third-order valence-electron chi connectivity index (χ3n) is 3.16. The SMILES string of the molecule is CC[C@H](C)NC(=O)NC(=O)C[NH+](C)Cc1ccccc1F. The third kappa shape index (κ3) is 6.35. The molecule has 0 fully saturated rings. The van der Waals surface area contributed by atoms with Crippen LogP contribution < -0.4 is 15.5 Å². The average Bonchev–Trinajstić information content (AvgIpc) is 2.40. The van der Waals surface area contributed by atoms with Gasteiger partial charge in [0.25, 0.3) is 5.91 Å². The van der Waals surface area contributed by atoms with Gasteiger partial charge in [0.05, 0.1) is 7.05 Å². The number of nitrogens with one attached hydrogen (secondary N) is 3. The highest BCUT2D eigenvalue weighted by Crippen LogP contribution is 2.03. The summed E-state index contributed by atoms with van der Waals surface area (Å²) in [5.74, 6) is -0.670. The van der Waals surface area contributed by atoms with Crippen LogP contribution in [0.5, 0.6) is 0 Å². The summed E-state index contributed by atoms with van der Waals surface area (Å²) in [6.07, 6.45) is 0.792. The molecule has 1 aromatic carbocycles. The van der Waals surface area contributed by atoms with Gasteiger partial charge in [-0.2, -0.15) is 0 Å². The fourth-order valence-corrected chi connectivity index (χ4v) is 1.84. The van der Waals surface area contributed by atoms with Crippen LogP contribution in [0.4, 0.5) is 9.18 Å². The van der Waals surface area contributed by atoms with Gasteiger partial charge in [-0.1, -0.05) is 25.1 Å². The lowest BCUT2D eigenvalue weighted by molar-refractivity contribution is -0.885. The van der Waals surface area contributed by atoms with Crippen LogP contribution >= 0.6 is 0 Å². The van der Waals surface area contributed by atoms with Crippen LogP contribution in [-0.2, 0) is 11.3 Å². The van der Waals surface area contributed by atoms with Crippen LogP contribution in [0.15, 0.2) is 24.3 Å². The molecule has 1 aromatic rings. The van der Waals surface area contributed by atoms with Crippen LogP contribution in [0.25, 0.3) is 0 Å². The lowest BCUT2D eigenvalue weighted by Gasteiger charge is -2.15. The fourth-order valence-electron chi connectivity index (χ4n) is 1.84. The first-order valence-electron chi connectivity index (χ1n) is 7.07.